The van der Waals surface area contributed by atoms with E-state index in [1.165, 1.54) is 10.4 Å². The van der Waals surface area contributed by atoms with Crippen molar-refractivity contribution in [3.05, 3.63) is 91.0 Å². The highest BCUT2D eigenvalue weighted by atomic mass is 35.6. The molecule has 0 bridgehead atoms. The van der Waals surface area contributed by atoms with Crippen LogP contribution in [0.4, 0.5) is 5.69 Å². The number of rotatable bonds is 4. The predicted molar refractivity (Wildman–Crippen MR) is 98.6 cm³/mol. The van der Waals surface area contributed by atoms with Crippen LogP contribution in [0.3, 0.4) is 0 Å². The molecule has 1 nitrogen and oxygen atoms in total. The summed E-state index contributed by atoms with van der Waals surface area (Å²) in [6.45, 7) is 0. The summed E-state index contributed by atoms with van der Waals surface area (Å²) in [6, 6.07) is 31.2. The third-order valence-electron chi connectivity index (χ3n) is 3.92. The summed E-state index contributed by atoms with van der Waals surface area (Å²) >= 11 is 7.34. The van der Waals surface area contributed by atoms with E-state index in [2.05, 4.69) is 72.3 Å². The predicted octanol–water partition coefficient (Wildman–Crippen LogP) is 3.62. The maximum atomic E-state index is 7.34. The molecule has 0 spiro atoms. The molecule has 0 aliphatic heterocycles. The summed E-state index contributed by atoms with van der Waals surface area (Å²) in [5.74, 6) is 0. The van der Waals surface area contributed by atoms with E-state index >= 15 is 0 Å². The number of anilines is 1. The minimum absolute atomic E-state index is 1.14. The molecule has 0 heterocycles. The number of para-hydroxylation sites is 1. The molecule has 0 unspecified atom stereocenters. The van der Waals surface area contributed by atoms with Gasteiger partial charge in [-0.15, -0.1) is 11.1 Å². The van der Waals surface area contributed by atoms with Crippen LogP contribution in [0, 0.1) is 0 Å². The molecule has 0 aromatic heterocycles. The monoisotopic (exact) mass is 323 g/mol. The normalized spacial score (nSPS) is 11.2. The Balaban J connectivity index is 2.16. The van der Waals surface area contributed by atoms with Gasteiger partial charge in [0.1, 0.15) is 0 Å². The zero-order valence-electron chi connectivity index (χ0n) is 12.5. The van der Waals surface area contributed by atoms with Crippen LogP contribution in [0.2, 0.25) is 0 Å². The quantitative estimate of drug-likeness (QED) is 0.523. The Morgan fingerprint density at radius 1 is 0.636 bits per heavy atom. The highest BCUT2D eigenvalue weighted by molar-refractivity contribution is 7.35. The van der Waals surface area contributed by atoms with Gasteiger partial charge in [-0.1, -0.05) is 78.9 Å². The molecule has 3 aromatic rings. The molecule has 0 saturated carbocycles. The number of nitrogens with zero attached hydrogens (tertiary/aromatic N) is 1. The second-order valence-electron chi connectivity index (χ2n) is 5.25. The second-order valence-corrected chi connectivity index (χ2v) is 9.96. The summed E-state index contributed by atoms with van der Waals surface area (Å²) in [5, 5.41) is 2.38. The van der Waals surface area contributed by atoms with Crippen molar-refractivity contribution in [1.82, 2.24) is 0 Å². The molecule has 0 aliphatic carbocycles. The van der Waals surface area contributed by atoms with E-state index < -0.39 is 7.55 Å². The fourth-order valence-electron chi connectivity index (χ4n) is 2.70. The van der Waals surface area contributed by atoms with E-state index in [0.717, 1.165) is 5.69 Å². The molecule has 0 radical (unpaired) electrons. The van der Waals surface area contributed by atoms with Crippen LogP contribution < -0.4 is 14.9 Å². The zero-order chi connectivity index (χ0) is 15.4. The first-order chi connectivity index (χ1) is 10.7. The molecule has 3 aromatic carbocycles. The minimum atomic E-state index is -2.54. The lowest BCUT2D eigenvalue weighted by atomic mass is 10.3. The largest absolute Gasteiger partial charge is 0.381 e. The third-order valence-corrected chi connectivity index (χ3v) is 9.37. The van der Waals surface area contributed by atoms with E-state index in [1.807, 2.05) is 30.3 Å². The van der Waals surface area contributed by atoms with Gasteiger partial charge in [0.05, 0.1) is 0 Å². The average molecular weight is 324 g/mol. The molecule has 22 heavy (non-hydrogen) atoms. The van der Waals surface area contributed by atoms with Gasteiger partial charge in [-0.3, -0.25) is 0 Å². The minimum Gasteiger partial charge on any atom is -0.381 e. The second kappa shape index (κ2) is 6.38. The van der Waals surface area contributed by atoms with Crippen molar-refractivity contribution < 1.29 is 0 Å². The van der Waals surface area contributed by atoms with E-state index in [9.17, 15) is 0 Å². The van der Waals surface area contributed by atoms with Crippen LogP contribution in [-0.4, -0.2) is 14.6 Å². The van der Waals surface area contributed by atoms with Gasteiger partial charge in [0.25, 0.3) is 0 Å². The molecule has 0 N–H and O–H groups in total. The van der Waals surface area contributed by atoms with Gasteiger partial charge in [0.15, 0.2) is 0 Å². The molecule has 0 atom stereocenters. The third kappa shape index (κ3) is 2.68. The lowest BCUT2D eigenvalue weighted by Gasteiger charge is -2.36. The highest BCUT2D eigenvalue weighted by Gasteiger charge is 2.41. The summed E-state index contributed by atoms with van der Waals surface area (Å²) in [6.07, 6.45) is 0. The van der Waals surface area contributed by atoms with Gasteiger partial charge in [-0.2, -0.15) is 0 Å². The van der Waals surface area contributed by atoms with Gasteiger partial charge < -0.3 is 4.57 Å². The van der Waals surface area contributed by atoms with Crippen LogP contribution in [0.5, 0.6) is 0 Å². The SMILES string of the molecule is CN(c1ccccc1)[Si](Cl)(c1ccccc1)c1ccccc1. The summed E-state index contributed by atoms with van der Waals surface area (Å²) in [4.78, 5) is 0. The molecular weight excluding hydrogens is 306 g/mol. The number of hydrogen-bond donors (Lipinski definition) is 0. The average Bonchev–Trinajstić information content (AvgIpc) is 2.62. The van der Waals surface area contributed by atoms with Crippen molar-refractivity contribution in [3.8, 4) is 0 Å². The zero-order valence-corrected chi connectivity index (χ0v) is 14.2. The Bertz CT molecular complexity index is 677. The van der Waals surface area contributed by atoms with E-state index in [-0.39, 0.29) is 0 Å². The van der Waals surface area contributed by atoms with Gasteiger partial charge in [-0.25, -0.2) is 0 Å². The van der Waals surface area contributed by atoms with E-state index in [1.54, 1.807) is 0 Å². The Labute approximate surface area is 137 Å². The van der Waals surface area contributed by atoms with Gasteiger partial charge >= 0.3 is 7.55 Å². The Morgan fingerprint density at radius 3 is 1.41 bits per heavy atom. The van der Waals surface area contributed by atoms with E-state index in [4.69, 9.17) is 11.1 Å². The fourth-order valence-corrected chi connectivity index (χ4v) is 6.63. The van der Waals surface area contributed by atoms with Gasteiger partial charge in [0.2, 0.25) is 0 Å². The van der Waals surface area contributed by atoms with Crippen molar-refractivity contribution in [3.63, 3.8) is 0 Å². The first kappa shape index (κ1) is 14.9. The summed E-state index contributed by atoms with van der Waals surface area (Å²) in [7, 11) is -0.448. The smallest absolute Gasteiger partial charge is 0.319 e. The van der Waals surface area contributed by atoms with Crippen molar-refractivity contribution >= 4 is 34.7 Å². The van der Waals surface area contributed by atoms with Crippen molar-refractivity contribution in [1.29, 1.82) is 0 Å². The Morgan fingerprint density at radius 2 is 1.00 bits per heavy atom. The van der Waals surface area contributed by atoms with E-state index in [0.29, 0.717) is 0 Å². The molecule has 3 rings (SSSR count). The molecular formula is C19H18ClNSi. The standard InChI is InChI=1S/C19H18ClNSi/c1-21(17-11-5-2-6-12-17)22(20,18-13-7-3-8-14-18)19-15-9-4-10-16-19/h2-16H,1H3. The maximum absolute atomic E-state index is 7.34. The maximum Gasteiger partial charge on any atom is 0.319 e. The first-order valence-electron chi connectivity index (χ1n) is 7.32. The van der Waals surface area contributed by atoms with Crippen LogP contribution in [0.1, 0.15) is 0 Å². The lowest BCUT2D eigenvalue weighted by molar-refractivity contribution is 1.30. The van der Waals surface area contributed by atoms with Crippen molar-refractivity contribution in [2.75, 3.05) is 11.6 Å². The van der Waals surface area contributed by atoms with Crippen LogP contribution in [0.25, 0.3) is 0 Å². The van der Waals surface area contributed by atoms with Gasteiger partial charge in [0, 0.05) is 5.69 Å². The molecule has 110 valence electrons. The van der Waals surface area contributed by atoms with Crippen molar-refractivity contribution in [2.45, 2.75) is 0 Å². The van der Waals surface area contributed by atoms with Crippen LogP contribution >= 0.6 is 11.1 Å². The Hall–Kier alpha value is -2.03. The fraction of sp³-hybridized carbons (Fsp3) is 0.0526. The van der Waals surface area contributed by atoms with Crippen molar-refractivity contribution in [2.24, 2.45) is 0 Å². The molecule has 0 amide bonds. The highest BCUT2D eigenvalue weighted by Crippen LogP contribution is 2.22. The lowest BCUT2D eigenvalue weighted by Crippen LogP contribution is -2.65. The first-order valence-corrected chi connectivity index (χ1v) is 10.3. The Kier molecular flexibility index (Phi) is 4.32. The van der Waals surface area contributed by atoms with Gasteiger partial charge in [-0.05, 0) is 29.6 Å². The number of hydrogen-bond acceptors (Lipinski definition) is 1. The summed E-state index contributed by atoms with van der Waals surface area (Å²) in [5.41, 5.74) is 1.14. The molecule has 3 heteroatoms. The van der Waals surface area contributed by atoms with Crippen LogP contribution in [-0.2, 0) is 0 Å². The molecule has 0 aliphatic rings. The molecule has 0 saturated heterocycles. The topological polar surface area (TPSA) is 3.24 Å². The number of benzene rings is 3. The summed E-state index contributed by atoms with van der Waals surface area (Å²) < 4.78 is 2.25. The van der Waals surface area contributed by atoms with Crippen LogP contribution in [0.15, 0.2) is 91.0 Å². The molecule has 0 fully saturated rings. The number of halogens is 1.